The van der Waals surface area contributed by atoms with Crippen LogP contribution < -0.4 is 4.90 Å². The largest absolute Gasteiger partial charge is 0.370 e. The van der Waals surface area contributed by atoms with E-state index in [1.54, 1.807) is 18.3 Å². The number of aryl methyl sites for hydroxylation is 1. The summed E-state index contributed by atoms with van der Waals surface area (Å²) in [6.07, 6.45) is 2.79. The van der Waals surface area contributed by atoms with Gasteiger partial charge in [0.25, 0.3) is 10.0 Å². The number of rotatable bonds is 3. The van der Waals surface area contributed by atoms with Gasteiger partial charge in [0.05, 0.1) is 10.4 Å². The molecule has 0 atom stereocenters. The molecule has 0 saturated carbocycles. The van der Waals surface area contributed by atoms with E-state index in [0.717, 1.165) is 54.8 Å². The first-order valence-electron chi connectivity index (χ1n) is 9.33. The van der Waals surface area contributed by atoms with Gasteiger partial charge in [0.2, 0.25) is 0 Å². The molecule has 5 nitrogen and oxygen atoms in total. The molecule has 0 spiro atoms. The van der Waals surface area contributed by atoms with E-state index in [1.807, 2.05) is 37.3 Å². The average Bonchev–Trinajstić information content (AvgIpc) is 2.98. The number of fused-ring (bicyclic) bond motifs is 1. The Bertz CT molecular complexity index is 1070. The zero-order valence-electron chi connectivity index (χ0n) is 15.8. The highest BCUT2D eigenvalue weighted by molar-refractivity contribution is 7.90. The third kappa shape index (κ3) is 3.24. The minimum atomic E-state index is -3.63. The summed E-state index contributed by atoms with van der Waals surface area (Å²) in [5.41, 5.74) is 2.60. The van der Waals surface area contributed by atoms with Crippen molar-refractivity contribution in [2.75, 3.05) is 38.1 Å². The number of anilines is 1. The molecule has 2 aromatic carbocycles. The third-order valence-corrected chi connectivity index (χ3v) is 7.21. The van der Waals surface area contributed by atoms with Crippen LogP contribution in [-0.4, -0.2) is 50.5 Å². The SMILES string of the molecule is Cc1ccccc1S(=O)(=O)n1ccc2c(N3CCCN(C)CC3)cccc21. The summed E-state index contributed by atoms with van der Waals surface area (Å²) in [5, 5.41) is 0.985. The predicted molar refractivity (Wildman–Crippen MR) is 110 cm³/mol. The molecule has 0 unspecified atom stereocenters. The lowest BCUT2D eigenvalue weighted by Crippen LogP contribution is -2.28. The molecule has 4 rings (SSSR count). The lowest BCUT2D eigenvalue weighted by atomic mass is 10.2. The molecule has 0 bridgehead atoms. The first kappa shape index (κ1) is 18.1. The summed E-state index contributed by atoms with van der Waals surface area (Å²) in [5.74, 6) is 0. The van der Waals surface area contributed by atoms with E-state index in [-0.39, 0.29) is 0 Å². The molecule has 27 heavy (non-hydrogen) atoms. The molecule has 142 valence electrons. The molecular formula is C21H25N3O2S. The zero-order chi connectivity index (χ0) is 19.0. The summed E-state index contributed by atoms with van der Waals surface area (Å²) < 4.78 is 27.9. The number of likely N-dealkylation sites (N-methyl/N-ethyl adjacent to an activating group) is 1. The Morgan fingerprint density at radius 3 is 2.52 bits per heavy atom. The van der Waals surface area contributed by atoms with Gasteiger partial charge in [-0.15, -0.1) is 0 Å². The van der Waals surface area contributed by atoms with Crippen molar-refractivity contribution in [2.24, 2.45) is 0 Å². The highest BCUT2D eigenvalue weighted by Gasteiger charge is 2.22. The quantitative estimate of drug-likeness (QED) is 0.696. The fraction of sp³-hybridized carbons (Fsp3) is 0.333. The van der Waals surface area contributed by atoms with Gasteiger partial charge in [-0.2, -0.15) is 0 Å². The van der Waals surface area contributed by atoms with Crippen LogP contribution in [0.5, 0.6) is 0 Å². The van der Waals surface area contributed by atoms with Gasteiger partial charge in [-0.05, 0) is 56.8 Å². The monoisotopic (exact) mass is 383 g/mol. The first-order chi connectivity index (χ1) is 13.0. The minimum Gasteiger partial charge on any atom is -0.370 e. The van der Waals surface area contributed by atoms with Crippen LogP contribution in [0.25, 0.3) is 10.9 Å². The van der Waals surface area contributed by atoms with Gasteiger partial charge in [0.15, 0.2) is 0 Å². The summed E-state index contributed by atoms with van der Waals surface area (Å²) in [6, 6.07) is 15.0. The fourth-order valence-electron chi connectivity index (χ4n) is 3.85. The van der Waals surface area contributed by atoms with Crippen LogP contribution in [-0.2, 0) is 10.0 Å². The Kier molecular flexibility index (Phi) is 4.70. The standard InChI is InChI=1S/C21H25N3O2S/c1-17-7-3-4-10-21(17)27(25,26)24-14-11-18-19(8-5-9-20(18)24)23-13-6-12-22(2)15-16-23/h3-5,7-11,14H,6,12-13,15-16H2,1-2H3. The Balaban J connectivity index is 1.80. The predicted octanol–water partition coefficient (Wildman–Crippen LogP) is 3.33. The molecule has 0 N–H and O–H groups in total. The highest BCUT2D eigenvalue weighted by atomic mass is 32.2. The second-order valence-corrected chi connectivity index (χ2v) is 9.02. The van der Waals surface area contributed by atoms with Gasteiger partial charge in [-0.1, -0.05) is 24.3 Å². The molecule has 0 aliphatic carbocycles. The molecule has 1 aliphatic rings. The van der Waals surface area contributed by atoms with Gasteiger partial charge in [0, 0.05) is 36.9 Å². The maximum Gasteiger partial charge on any atom is 0.268 e. The van der Waals surface area contributed by atoms with Crippen LogP contribution in [0.15, 0.2) is 59.6 Å². The number of aromatic nitrogens is 1. The topological polar surface area (TPSA) is 45.6 Å². The number of hydrogen-bond acceptors (Lipinski definition) is 4. The van der Waals surface area contributed by atoms with Crippen molar-refractivity contribution in [3.63, 3.8) is 0 Å². The zero-order valence-corrected chi connectivity index (χ0v) is 16.6. The molecule has 0 amide bonds. The summed E-state index contributed by atoms with van der Waals surface area (Å²) >= 11 is 0. The van der Waals surface area contributed by atoms with Gasteiger partial charge in [0.1, 0.15) is 0 Å². The van der Waals surface area contributed by atoms with E-state index in [4.69, 9.17) is 0 Å². The van der Waals surface area contributed by atoms with Crippen molar-refractivity contribution in [1.29, 1.82) is 0 Å². The van der Waals surface area contributed by atoms with E-state index in [9.17, 15) is 8.42 Å². The number of hydrogen-bond donors (Lipinski definition) is 0. The Labute approximate surface area is 160 Å². The highest BCUT2D eigenvalue weighted by Crippen LogP contribution is 2.31. The van der Waals surface area contributed by atoms with Crippen molar-refractivity contribution in [1.82, 2.24) is 8.87 Å². The Morgan fingerprint density at radius 1 is 0.889 bits per heavy atom. The lowest BCUT2D eigenvalue weighted by molar-refractivity contribution is 0.360. The van der Waals surface area contributed by atoms with Crippen LogP contribution >= 0.6 is 0 Å². The number of benzene rings is 2. The van der Waals surface area contributed by atoms with E-state index >= 15 is 0 Å². The fourth-order valence-corrected chi connectivity index (χ4v) is 5.43. The Hall–Kier alpha value is -2.31. The van der Waals surface area contributed by atoms with Crippen LogP contribution in [0.3, 0.4) is 0 Å². The molecule has 6 heteroatoms. The van der Waals surface area contributed by atoms with Crippen molar-refractivity contribution in [3.8, 4) is 0 Å². The maximum absolute atomic E-state index is 13.3. The van der Waals surface area contributed by atoms with Crippen LogP contribution in [0, 0.1) is 6.92 Å². The molecule has 0 radical (unpaired) electrons. The van der Waals surface area contributed by atoms with Crippen molar-refractivity contribution in [2.45, 2.75) is 18.2 Å². The second kappa shape index (κ2) is 7.02. The van der Waals surface area contributed by atoms with Crippen LogP contribution in [0.4, 0.5) is 5.69 Å². The van der Waals surface area contributed by atoms with Gasteiger partial charge in [-0.3, -0.25) is 0 Å². The van der Waals surface area contributed by atoms with Gasteiger partial charge < -0.3 is 9.80 Å². The van der Waals surface area contributed by atoms with Gasteiger partial charge in [-0.25, -0.2) is 12.4 Å². The molecule has 1 aromatic heterocycles. The van der Waals surface area contributed by atoms with Gasteiger partial charge >= 0.3 is 0 Å². The average molecular weight is 384 g/mol. The number of nitrogens with zero attached hydrogens (tertiary/aromatic N) is 3. The van der Waals surface area contributed by atoms with E-state index < -0.39 is 10.0 Å². The van der Waals surface area contributed by atoms with E-state index in [2.05, 4.69) is 22.9 Å². The molecule has 1 saturated heterocycles. The summed E-state index contributed by atoms with van der Waals surface area (Å²) in [6.45, 7) is 5.87. The Morgan fingerprint density at radius 2 is 1.70 bits per heavy atom. The van der Waals surface area contributed by atoms with Crippen LogP contribution in [0.1, 0.15) is 12.0 Å². The van der Waals surface area contributed by atoms with Crippen LogP contribution in [0.2, 0.25) is 0 Å². The summed E-state index contributed by atoms with van der Waals surface area (Å²) in [7, 11) is -1.48. The van der Waals surface area contributed by atoms with Crippen molar-refractivity contribution in [3.05, 3.63) is 60.3 Å². The van der Waals surface area contributed by atoms with Crippen molar-refractivity contribution < 1.29 is 8.42 Å². The molecule has 3 aromatic rings. The van der Waals surface area contributed by atoms with Crippen molar-refractivity contribution >= 4 is 26.6 Å². The molecule has 2 heterocycles. The third-order valence-electron chi connectivity index (χ3n) is 5.36. The van der Waals surface area contributed by atoms with E-state index in [0.29, 0.717) is 4.90 Å². The minimum absolute atomic E-state index is 0.351. The first-order valence-corrected chi connectivity index (χ1v) is 10.8. The molecule has 1 aliphatic heterocycles. The summed E-state index contributed by atoms with van der Waals surface area (Å²) in [4.78, 5) is 5.06. The smallest absolute Gasteiger partial charge is 0.268 e. The molecular weight excluding hydrogens is 358 g/mol. The normalized spacial score (nSPS) is 16.6. The molecule has 1 fully saturated rings. The maximum atomic E-state index is 13.3. The second-order valence-electron chi connectivity index (χ2n) is 7.24. The van der Waals surface area contributed by atoms with E-state index in [1.165, 1.54) is 3.97 Å². The lowest BCUT2D eigenvalue weighted by Gasteiger charge is -2.24.